The Morgan fingerprint density at radius 1 is 0.882 bits per heavy atom. The second-order valence-corrected chi connectivity index (χ2v) is 9.42. The quantitative estimate of drug-likeness (QED) is 0.541. The first-order chi connectivity index (χ1) is 15.9. The first-order valence-corrected chi connectivity index (χ1v) is 11.1. The SMILES string of the molecule is COC(=O)[C@@H](Cc1ccc(OCc2ccccc2)cc1)NC(=O)C(C)(C)NC(=O)OC(C)(C)C. The molecule has 0 aliphatic heterocycles. The molecule has 0 aliphatic rings. The molecule has 8 heteroatoms. The molecule has 2 aromatic carbocycles. The average molecular weight is 471 g/mol. The fourth-order valence-corrected chi connectivity index (χ4v) is 2.99. The van der Waals surface area contributed by atoms with Gasteiger partial charge in [0.05, 0.1) is 7.11 Å². The fourth-order valence-electron chi connectivity index (χ4n) is 2.99. The molecule has 2 N–H and O–H groups in total. The molecule has 2 rings (SSSR count). The van der Waals surface area contributed by atoms with Crippen molar-refractivity contribution in [3.8, 4) is 5.75 Å². The lowest BCUT2D eigenvalue weighted by Gasteiger charge is -2.29. The van der Waals surface area contributed by atoms with Gasteiger partial charge in [0, 0.05) is 6.42 Å². The van der Waals surface area contributed by atoms with Crippen LogP contribution < -0.4 is 15.4 Å². The molecule has 2 amide bonds. The molecule has 184 valence electrons. The molecule has 0 spiro atoms. The number of hydrogen-bond acceptors (Lipinski definition) is 6. The highest BCUT2D eigenvalue weighted by Crippen LogP contribution is 2.16. The van der Waals surface area contributed by atoms with Gasteiger partial charge in [0.1, 0.15) is 29.5 Å². The number of amides is 2. The molecule has 0 aromatic heterocycles. The van der Waals surface area contributed by atoms with E-state index in [-0.39, 0.29) is 6.42 Å². The monoisotopic (exact) mass is 470 g/mol. The zero-order chi connectivity index (χ0) is 25.4. The Balaban J connectivity index is 2.00. The molecule has 8 nitrogen and oxygen atoms in total. The van der Waals surface area contributed by atoms with E-state index in [1.807, 2.05) is 54.6 Å². The van der Waals surface area contributed by atoms with Gasteiger partial charge in [-0.3, -0.25) is 4.79 Å². The molecule has 2 aromatic rings. The predicted octanol–water partition coefficient (Wildman–Crippen LogP) is 3.77. The number of esters is 1. The van der Waals surface area contributed by atoms with Crippen molar-refractivity contribution >= 4 is 18.0 Å². The number of ether oxygens (including phenoxy) is 3. The van der Waals surface area contributed by atoms with Crippen molar-refractivity contribution in [3.05, 3.63) is 65.7 Å². The topological polar surface area (TPSA) is 103 Å². The van der Waals surface area contributed by atoms with Crippen molar-refractivity contribution < 1.29 is 28.6 Å². The summed E-state index contributed by atoms with van der Waals surface area (Å²) in [5, 5.41) is 5.20. The molecule has 0 radical (unpaired) electrons. The van der Waals surface area contributed by atoms with Gasteiger partial charge in [-0.2, -0.15) is 0 Å². The molecule has 0 heterocycles. The first-order valence-electron chi connectivity index (χ1n) is 11.1. The molecular formula is C26H34N2O6. The van der Waals surface area contributed by atoms with Crippen molar-refractivity contribution in [2.24, 2.45) is 0 Å². The van der Waals surface area contributed by atoms with Gasteiger partial charge in [0.2, 0.25) is 5.91 Å². The summed E-state index contributed by atoms with van der Waals surface area (Å²) in [6.45, 7) is 8.68. The fraction of sp³-hybridized carbons (Fsp3) is 0.423. The average Bonchev–Trinajstić information content (AvgIpc) is 2.76. The third-order valence-electron chi connectivity index (χ3n) is 4.78. The summed E-state index contributed by atoms with van der Waals surface area (Å²) < 4.78 is 15.9. The van der Waals surface area contributed by atoms with Crippen LogP contribution in [0, 0.1) is 0 Å². The number of carbonyl (C=O) groups excluding carboxylic acids is 3. The molecule has 0 fully saturated rings. The third-order valence-corrected chi connectivity index (χ3v) is 4.78. The molecule has 0 bridgehead atoms. The molecule has 0 unspecified atom stereocenters. The van der Waals surface area contributed by atoms with E-state index in [9.17, 15) is 14.4 Å². The number of carbonyl (C=O) groups is 3. The van der Waals surface area contributed by atoms with Crippen LogP contribution in [-0.2, 0) is 32.1 Å². The van der Waals surface area contributed by atoms with Crippen molar-refractivity contribution in [2.75, 3.05) is 7.11 Å². The summed E-state index contributed by atoms with van der Waals surface area (Å²) in [7, 11) is 1.26. The van der Waals surface area contributed by atoms with E-state index < -0.39 is 35.2 Å². The van der Waals surface area contributed by atoms with Crippen LogP contribution in [0.25, 0.3) is 0 Å². The van der Waals surface area contributed by atoms with Crippen molar-refractivity contribution in [2.45, 2.75) is 64.8 Å². The number of alkyl carbamates (subject to hydrolysis) is 1. The Kier molecular flexibility index (Phi) is 9.06. The molecule has 0 saturated heterocycles. The van der Waals surface area contributed by atoms with Gasteiger partial charge in [0.25, 0.3) is 0 Å². The minimum absolute atomic E-state index is 0.208. The van der Waals surface area contributed by atoms with Crippen molar-refractivity contribution in [1.82, 2.24) is 10.6 Å². The Labute approximate surface area is 201 Å². The lowest BCUT2D eigenvalue weighted by molar-refractivity contribution is -0.145. The smallest absolute Gasteiger partial charge is 0.408 e. The standard InChI is InChI=1S/C26H34N2O6/c1-25(2,3)34-24(31)28-26(4,5)23(30)27-21(22(29)32-6)16-18-12-14-20(15-13-18)33-17-19-10-8-7-9-11-19/h7-15,21H,16-17H2,1-6H3,(H,27,30)(H,28,31)/t21-/m1/s1. The lowest BCUT2D eigenvalue weighted by atomic mass is 10.0. The lowest BCUT2D eigenvalue weighted by Crippen LogP contribution is -2.58. The van der Waals surface area contributed by atoms with E-state index >= 15 is 0 Å². The van der Waals surface area contributed by atoms with E-state index in [0.29, 0.717) is 12.4 Å². The molecular weight excluding hydrogens is 436 g/mol. The largest absolute Gasteiger partial charge is 0.489 e. The molecule has 1 atom stereocenters. The second-order valence-electron chi connectivity index (χ2n) is 9.42. The normalized spacial score (nSPS) is 12.3. The zero-order valence-corrected chi connectivity index (χ0v) is 20.6. The number of hydrogen-bond donors (Lipinski definition) is 2. The summed E-state index contributed by atoms with van der Waals surface area (Å²) in [6.07, 6.45) is -0.520. The van der Waals surface area contributed by atoms with Crippen LogP contribution in [-0.4, -0.2) is 42.3 Å². The van der Waals surface area contributed by atoms with E-state index in [1.54, 1.807) is 20.8 Å². The molecule has 34 heavy (non-hydrogen) atoms. The van der Waals surface area contributed by atoms with Crippen LogP contribution in [0.4, 0.5) is 4.79 Å². The van der Waals surface area contributed by atoms with E-state index in [2.05, 4.69) is 10.6 Å². The van der Waals surface area contributed by atoms with Crippen molar-refractivity contribution in [1.29, 1.82) is 0 Å². The number of nitrogens with one attached hydrogen (secondary N) is 2. The molecule has 0 aliphatic carbocycles. The maximum absolute atomic E-state index is 12.9. The van der Waals surface area contributed by atoms with Crippen LogP contribution in [0.3, 0.4) is 0 Å². The predicted molar refractivity (Wildman–Crippen MR) is 128 cm³/mol. The van der Waals surface area contributed by atoms with Gasteiger partial charge < -0.3 is 24.8 Å². The summed E-state index contributed by atoms with van der Waals surface area (Å²) >= 11 is 0. The van der Waals surface area contributed by atoms with Gasteiger partial charge in [-0.05, 0) is 57.9 Å². The maximum Gasteiger partial charge on any atom is 0.408 e. The van der Waals surface area contributed by atoms with Gasteiger partial charge in [-0.25, -0.2) is 9.59 Å². The van der Waals surface area contributed by atoms with E-state index in [0.717, 1.165) is 11.1 Å². The molecule has 0 saturated carbocycles. The number of benzene rings is 2. The summed E-state index contributed by atoms with van der Waals surface area (Å²) in [5.74, 6) is -0.448. The summed E-state index contributed by atoms with van der Waals surface area (Å²) in [4.78, 5) is 37.3. The van der Waals surface area contributed by atoms with E-state index in [4.69, 9.17) is 14.2 Å². The van der Waals surface area contributed by atoms with Crippen LogP contribution in [0.1, 0.15) is 45.7 Å². The Morgan fingerprint density at radius 3 is 2.06 bits per heavy atom. The van der Waals surface area contributed by atoms with Gasteiger partial charge in [0.15, 0.2) is 0 Å². The minimum Gasteiger partial charge on any atom is -0.489 e. The summed E-state index contributed by atoms with van der Waals surface area (Å²) in [5.41, 5.74) is -0.158. The number of methoxy groups -OCH3 is 1. The highest BCUT2D eigenvalue weighted by atomic mass is 16.6. The second kappa shape index (κ2) is 11.5. The first kappa shape index (κ1) is 26.7. The Bertz CT molecular complexity index is 965. The van der Waals surface area contributed by atoms with Crippen LogP contribution >= 0.6 is 0 Å². The van der Waals surface area contributed by atoms with Crippen LogP contribution in [0.5, 0.6) is 5.75 Å². The third kappa shape index (κ3) is 8.77. The number of rotatable bonds is 9. The van der Waals surface area contributed by atoms with Crippen molar-refractivity contribution in [3.63, 3.8) is 0 Å². The summed E-state index contributed by atoms with van der Waals surface area (Å²) in [6, 6.07) is 16.1. The maximum atomic E-state index is 12.9. The van der Waals surface area contributed by atoms with Crippen LogP contribution in [0.2, 0.25) is 0 Å². The van der Waals surface area contributed by atoms with Gasteiger partial charge in [-0.15, -0.1) is 0 Å². The zero-order valence-electron chi connectivity index (χ0n) is 20.6. The highest BCUT2D eigenvalue weighted by molar-refractivity contribution is 5.92. The highest BCUT2D eigenvalue weighted by Gasteiger charge is 2.34. The Morgan fingerprint density at radius 2 is 1.50 bits per heavy atom. The van der Waals surface area contributed by atoms with Gasteiger partial charge in [-0.1, -0.05) is 42.5 Å². The van der Waals surface area contributed by atoms with Crippen LogP contribution in [0.15, 0.2) is 54.6 Å². The minimum atomic E-state index is -1.32. The Hall–Kier alpha value is -3.55. The van der Waals surface area contributed by atoms with Gasteiger partial charge >= 0.3 is 12.1 Å². The van der Waals surface area contributed by atoms with E-state index in [1.165, 1.54) is 21.0 Å².